The van der Waals surface area contributed by atoms with Crippen molar-refractivity contribution in [3.05, 3.63) is 24.2 Å². The van der Waals surface area contributed by atoms with E-state index in [9.17, 15) is 0 Å². The third-order valence-corrected chi connectivity index (χ3v) is 3.99. The highest BCUT2D eigenvalue weighted by molar-refractivity contribution is 5.02. The second-order valence-electron chi connectivity index (χ2n) is 5.66. The molecule has 0 bridgehead atoms. The second kappa shape index (κ2) is 7.08. The number of furan rings is 1. The molecule has 108 valence electrons. The van der Waals surface area contributed by atoms with Crippen LogP contribution in [0.5, 0.6) is 0 Å². The first kappa shape index (κ1) is 14.6. The molecule has 1 aliphatic rings. The minimum absolute atomic E-state index is 0.298. The van der Waals surface area contributed by atoms with Crippen LogP contribution in [0.2, 0.25) is 0 Å². The number of rotatable bonds is 6. The van der Waals surface area contributed by atoms with Gasteiger partial charge in [0.15, 0.2) is 0 Å². The molecular formula is C15H27N3O. The fourth-order valence-corrected chi connectivity index (χ4v) is 2.58. The van der Waals surface area contributed by atoms with E-state index in [1.54, 1.807) is 6.26 Å². The van der Waals surface area contributed by atoms with Crippen molar-refractivity contribution in [1.82, 2.24) is 15.1 Å². The van der Waals surface area contributed by atoms with Gasteiger partial charge in [0, 0.05) is 45.3 Å². The van der Waals surface area contributed by atoms with E-state index in [0.29, 0.717) is 12.1 Å². The van der Waals surface area contributed by atoms with Crippen LogP contribution in [0.25, 0.3) is 0 Å². The molecule has 2 rings (SSSR count). The molecule has 19 heavy (non-hydrogen) atoms. The summed E-state index contributed by atoms with van der Waals surface area (Å²) in [7, 11) is 0. The molecule has 1 aromatic heterocycles. The zero-order valence-corrected chi connectivity index (χ0v) is 12.4. The summed E-state index contributed by atoms with van der Waals surface area (Å²) in [6, 6.07) is 4.95. The average Bonchev–Trinajstić information content (AvgIpc) is 2.93. The fraction of sp³-hybridized carbons (Fsp3) is 0.733. The third-order valence-electron chi connectivity index (χ3n) is 3.99. The smallest absolute Gasteiger partial charge is 0.120 e. The van der Waals surface area contributed by atoms with Crippen molar-refractivity contribution in [1.29, 1.82) is 0 Å². The van der Waals surface area contributed by atoms with Gasteiger partial charge in [0.1, 0.15) is 5.76 Å². The van der Waals surface area contributed by atoms with E-state index < -0.39 is 0 Å². The monoisotopic (exact) mass is 265 g/mol. The standard InChI is InChI=1S/C15H27N3O/c1-13(2)18-10-8-17(9-11-18)7-6-16-14(3)15-5-4-12-19-15/h4-5,12-14,16H,6-11H2,1-3H3. The minimum Gasteiger partial charge on any atom is -0.468 e. The summed E-state index contributed by atoms with van der Waals surface area (Å²) in [6.45, 7) is 13.6. The van der Waals surface area contributed by atoms with E-state index in [2.05, 4.69) is 35.9 Å². The van der Waals surface area contributed by atoms with E-state index in [1.807, 2.05) is 12.1 Å². The highest BCUT2D eigenvalue weighted by Crippen LogP contribution is 2.11. The number of hydrogen-bond acceptors (Lipinski definition) is 4. The molecule has 1 aliphatic heterocycles. The van der Waals surface area contributed by atoms with Gasteiger partial charge in [-0.2, -0.15) is 0 Å². The first-order valence-electron chi connectivity index (χ1n) is 7.40. The highest BCUT2D eigenvalue weighted by atomic mass is 16.3. The molecule has 4 heteroatoms. The van der Waals surface area contributed by atoms with Crippen LogP contribution in [0.15, 0.2) is 22.8 Å². The van der Waals surface area contributed by atoms with Crippen LogP contribution >= 0.6 is 0 Å². The summed E-state index contributed by atoms with van der Waals surface area (Å²) < 4.78 is 5.40. The summed E-state index contributed by atoms with van der Waals surface area (Å²) in [5.41, 5.74) is 0. The number of nitrogens with one attached hydrogen (secondary N) is 1. The lowest BCUT2D eigenvalue weighted by molar-refractivity contribution is 0.108. The van der Waals surface area contributed by atoms with Crippen molar-refractivity contribution < 1.29 is 4.42 Å². The molecule has 0 spiro atoms. The fourth-order valence-electron chi connectivity index (χ4n) is 2.58. The van der Waals surface area contributed by atoms with Crippen molar-refractivity contribution >= 4 is 0 Å². The van der Waals surface area contributed by atoms with Crippen molar-refractivity contribution in [2.75, 3.05) is 39.3 Å². The molecule has 0 radical (unpaired) electrons. The first-order valence-corrected chi connectivity index (χ1v) is 7.40. The first-order chi connectivity index (χ1) is 9.16. The quantitative estimate of drug-likeness (QED) is 0.852. The topological polar surface area (TPSA) is 31.6 Å². The van der Waals surface area contributed by atoms with E-state index in [0.717, 1.165) is 18.8 Å². The van der Waals surface area contributed by atoms with Gasteiger partial charge in [0.25, 0.3) is 0 Å². The maximum Gasteiger partial charge on any atom is 0.120 e. The van der Waals surface area contributed by atoms with E-state index in [-0.39, 0.29) is 0 Å². The normalized spacial score (nSPS) is 20.0. The second-order valence-corrected chi connectivity index (χ2v) is 5.66. The van der Waals surface area contributed by atoms with Crippen LogP contribution in [0.1, 0.15) is 32.6 Å². The molecule has 1 unspecified atom stereocenters. The molecular weight excluding hydrogens is 238 g/mol. The lowest BCUT2D eigenvalue weighted by Crippen LogP contribution is -2.50. The number of hydrogen-bond donors (Lipinski definition) is 1. The Hall–Kier alpha value is -0.840. The molecule has 1 saturated heterocycles. The Morgan fingerprint density at radius 3 is 2.53 bits per heavy atom. The van der Waals surface area contributed by atoms with Gasteiger partial charge < -0.3 is 9.73 Å². The molecule has 0 aliphatic carbocycles. The van der Waals surface area contributed by atoms with Crippen LogP contribution < -0.4 is 5.32 Å². The Bertz CT molecular complexity index is 342. The molecule has 1 atom stereocenters. The number of nitrogens with zero attached hydrogens (tertiary/aromatic N) is 2. The van der Waals surface area contributed by atoms with Gasteiger partial charge in [-0.1, -0.05) is 0 Å². The van der Waals surface area contributed by atoms with Crippen molar-refractivity contribution in [3.8, 4) is 0 Å². The summed E-state index contributed by atoms with van der Waals surface area (Å²) in [5.74, 6) is 1.02. The molecule has 2 heterocycles. The largest absolute Gasteiger partial charge is 0.468 e. The maximum atomic E-state index is 5.40. The Labute approximate surface area is 116 Å². The lowest BCUT2D eigenvalue weighted by Gasteiger charge is -2.37. The van der Waals surface area contributed by atoms with Gasteiger partial charge in [-0.3, -0.25) is 9.80 Å². The van der Waals surface area contributed by atoms with Gasteiger partial charge in [-0.25, -0.2) is 0 Å². The Kier molecular flexibility index (Phi) is 5.43. The predicted molar refractivity (Wildman–Crippen MR) is 78.3 cm³/mol. The van der Waals surface area contributed by atoms with Gasteiger partial charge in [-0.05, 0) is 32.9 Å². The van der Waals surface area contributed by atoms with Crippen LogP contribution in [-0.2, 0) is 0 Å². The van der Waals surface area contributed by atoms with Gasteiger partial charge in [-0.15, -0.1) is 0 Å². The van der Waals surface area contributed by atoms with Crippen molar-refractivity contribution in [2.45, 2.75) is 32.9 Å². The Balaban J connectivity index is 1.62. The SMILES string of the molecule is CC(NCCN1CCN(C(C)C)CC1)c1ccco1. The molecule has 0 amide bonds. The van der Waals surface area contributed by atoms with Crippen molar-refractivity contribution in [3.63, 3.8) is 0 Å². The van der Waals surface area contributed by atoms with Crippen LogP contribution in [0.4, 0.5) is 0 Å². The lowest BCUT2D eigenvalue weighted by atomic mass is 10.2. The van der Waals surface area contributed by atoms with Crippen LogP contribution in [0.3, 0.4) is 0 Å². The number of piperazine rings is 1. The zero-order chi connectivity index (χ0) is 13.7. The van der Waals surface area contributed by atoms with Gasteiger partial charge in [0.2, 0.25) is 0 Å². The molecule has 1 aromatic rings. The van der Waals surface area contributed by atoms with Crippen LogP contribution in [0, 0.1) is 0 Å². The van der Waals surface area contributed by atoms with E-state index in [4.69, 9.17) is 4.42 Å². The third kappa shape index (κ3) is 4.34. The summed E-state index contributed by atoms with van der Waals surface area (Å²) in [5, 5.41) is 3.52. The van der Waals surface area contributed by atoms with E-state index >= 15 is 0 Å². The summed E-state index contributed by atoms with van der Waals surface area (Å²) in [6.07, 6.45) is 1.73. The molecule has 1 N–H and O–H groups in total. The van der Waals surface area contributed by atoms with Gasteiger partial charge >= 0.3 is 0 Å². The summed E-state index contributed by atoms with van der Waals surface area (Å²) in [4.78, 5) is 5.09. The molecule has 1 fully saturated rings. The Morgan fingerprint density at radius 2 is 1.95 bits per heavy atom. The molecule has 0 aromatic carbocycles. The maximum absolute atomic E-state index is 5.40. The van der Waals surface area contributed by atoms with E-state index in [1.165, 1.54) is 26.2 Å². The predicted octanol–water partition coefficient (Wildman–Crippen LogP) is 1.96. The Morgan fingerprint density at radius 1 is 1.21 bits per heavy atom. The average molecular weight is 265 g/mol. The van der Waals surface area contributed by atoms with Crippen LogP contribution in [-0.4, -0.2) is 55.1 Å². The molecule has 4 nitrogen and oxygen atoms in total. The summed E-state index contributed by atoms with van der Waals surface area (Å²) >= 11 is 0. The highest BCUT2D eigenvalue weighted by Gasteiger charge is 2.18. The molecule has 0 saturated carbocycles. The van der Waals surface area contributed by atoms with Gasteiger partial charge in [0.05, 0.1) is 12.3 Å². The van der Waals surface area contributed by atoms with Crippen molar-refractivity contribution in [2.24, 2.45) is 0 Å². The zero-order valence-electron chi connectivity index (χ0n) is 12.4. The minimum atomic E-state index is 0.298.